The van der Waals surface area contributed by atoms with Crippen molar-refractivity contribution in [3.05, 3.63) is 35.9 Å². The zero-order chi connectivity index (χ0) is 13.6. The minimum atomic E-state index is -0.211. The second-order valence-corrected chi connectivity index (χ2v) is 6.80. The topological polar surface area (TPSA) is 46.2 Å². The van der Waals surface area contributed by atoms with E-state index in [9.17, 15) is 5.11 Å². The van der Waals surface area contributed by atoms with Gasteiger partial charge in [-0.05, 0) is 68.2 Å². The van der Waals surface area contributed by atoms with Gasteiger partial charge in [0.25, 0.3) is 0 Å². The fourth-order valence-corrected chi connectivity index (χ4v) is 4.09. The molecule has 0 aliphatic heterocycles. The van der Waals surface area contributed by atoms with Gasteiger partial charge < -0.3 is 10.8 Å². The van der Waals surface area contributed by atoms with Crippen molar-refractivity contribution < 1.29 is 5.11 Å². The average molecular weight is 257 g/mol. The van der Waals surface area contributed by atoms with E-state index in [-0.39, 0.29) is 5.54 Å². The molecule has 3 unspecified atom stereocenters. The first-order chi connectivity index (χ1) is 8.95. The molecule has 19 heavy (non-hydrogen) atoms. The molecule has 1 aromatic carbocycles. The molecule has 0 radical (unpaired) electrons. The second-order valence-electron chi connectivity index (χ2n) is 6.80. The molecule has 3 N–H and O–H groups in total. The number of phenols is 1. The lowest BCUT2D eigenvalue weighted by molar-refractivity contribution is 0.273. The van der Waals surface area contributed by atoms with Crippen molar-refractivity contribution in [1.82, 2.24) is 0 Å². The first kappa shape index (κ1) is 12.7. The van der Waals surface area contributed by atoms with Gasteiger partial charge in [0, 0.05) is 11.5 Å². The summed E-state index contributed by atoms with van der Waals surface area (Å²) in [6.07, 6.45) is 6.28. The van der Waals surface area contributed by atoms with Gasteiger partial charge in [0.2, 0.25) is 0 Å². The van der Waals surface area contributed by atoms with Crippen LogP contribution in [0.5, 0.6) is 5.75 Å². The van der Waals surface area contributed by atoms with E-state index in [2.05, 4.69) is 26.0 Å². The van der Waals surface area contributed by atoms with Crippen LogP contribution in [0, 0.1) is 17.8 Å². The Morgan fingerprint density at radius 2 is 2.05 bits per heavy atom. The Bertz CT molecular complexity index is 512. The molecule has 102 valence electrons. The number of rotatable bonds is 2. The van der Waals surface area contributed by atoms with E-state index in [4.69, 9.17) is 5.73 Å². The van der Waals surface area contributed by atoms with Gasteiger partial charge in [0.1, 0.15) is 5.75 Å². The Balaban J connectivity index is 2.06. The molecule has 2 bridgehead atoms. The lowest BCUT2D eigenvalue weighted by Gasteiger charge is -2.40. The fourth-order valence-electron chi connectivity index (χ4n) is 4.09. The van der Waals surface area contributed by atoms with Crippen LogP contribution in [0.2, 0.25) is 0 Å². The zero-order valence-corrected chi connectivity index (χ0v) is 11.8. The highest BCUT2D eigenvalue weighted by Crippen LogP contribution is 2.51. The summed E-state index contributed by atoms with van der Waals surface area (Å²) in [5.74, 6) is 2.14. The van der Waals surface area contributed by atoms with E-state index in [0.717, 1.165) is 5.56 Å². The second kappa shape index (κ2) is 4.38. The smallest absolute Gasteiger partial charge is 0.116 e. The van der Waals surface area contributed by atoms with Crippen molar-refractivity contribution in [3.8, 4) is 5.75 Å². The highest BCUT2D eigenvalue weighted by molar-refractivity contribution is 5.71. The molecule has 0 heterocycles. The highest BCUT2D eigenvalue weighted by Gasteiger charge is 2.43. The standard InChI is InChI=1S/C17H23NO/c1-17(2,18)16-13-7-6-11(8-13)9-15(16)12-4-3-5-14(19)10-12/h3-5,9-11,13,16,19H,6-8,18H2,1-2H3. The van der Waals surface area contributed by atoms with Crippen molar-refractivity contribution in [3.63, 3.8) is 0 Å². The Hall–Kier alpha value is -1.28. The van der Waals surface area contributed by atoms with Crippen LogP contribution in [0.25, 0.3) is 5.57 Å². The average Bonchev–Trinajstić information content (AvgIpc) is 2.68. The molecular formula is C17H23NO. The summed E-state index contributed by atoms with van der Waals surface area (Å²) in [6, 6.07) is 7.61. The molecule has 3 atom stereocenters. The number of fused-ring (bicyclic) bond motifs is 2. The normalized spacial score (nSPS) is 30.3. The predicted octanol–water partition coefficient (Wildman–Crippen LogP) is 3.56. The number of phenolic OH excluding ortho intramolecular Hbond substituents is 1. The summed E-state index contributed by atoms with van der Waals surface area (Å²) in [5, 5.41) is 9.72. The molecule has 2 aliphatic rings. The van der Waals surface area contributed by atoms with Crippen molar-refractivity contribution in [2.45, 2.75) is 38.6 Å². The molecule has 3 rings (SSSR count). The minimum absolute atomic E-state index is 0.211. The number of benzene rings is 1. The maximum Gasteiger partial charge on any atom is 0.116 e. The molecule has 0 saturated heterocycles. The number of aromatic hydroxyl groups is 1. The molecule has 1 saturated carbocycles. The van der Waals surface area contributed by atoms with Crippen molar-refractivity contribution in [2.24, 2.45) is 23.5 Å². The summed E-state index contributed by atoms with van der Waals surface area (Å²) in [7, 11) is 0. The monoisotopic (exact) mass is 257 g/mol. The van der Waals surface area contributed by atoms with Crippen LogP contribution in [0.1, 0.15) is 38.7 Å². The van der Waals surface area contributed by atoms with Crippen LogP contribution in [0.4, 0.5) is 0 Å². The van der Waals surface area contributed by atoms with Gasteiger partial charge >= 0.3 is 0 Å². The lowest BCUT2D eigenvalue weighted by Crippen LogP contribution is -2.45. The number of allylic oxidation sites excluding steroid dienone is 1. The molecule has 2 nitrogen and oxygen atoms in total. The first-order valence-corrected chi connectivity index (χ1v) is 7.25. The first-order valence-electron chi connectivity index (χ1n) is 7.25. The molecule has 0 amide bonds. The number of hydrogen-bond donors (Lipinski definition) is 2. The van der Waals surface area contributed by atoms with E-state index < -0.39 is 0 Å². The SMILES string of the molecule is CC(C)(N)C1C(c2cccc(O)c2)=CC2CCC1C2. The van der Waals surface area contributed by atoms with Gasteiger partial charge in [-0.1, -0.05) is 18.2 Å². The molecule has 1 fully saturated rings. The third-order valence-electron chi connectivity index (χ3n) is 4.72. The van der Waals surface area contributed by atoms with Gasteiger partial charge in [0.05, 0.1) is 0 Å². The largest absolute Gasteiger partial charge is 0.508 e. The summed E-state index contributed by atoms with van der Waals surface area (Å²) in [6.45, 7) is 4.26. The summed E-state index contributed by atoms with van der Waals surface area (Å²) < 4.78 is 0. The Morgan fingerprint density at radius 3 is 2.74 bits per heavy atom. The molecule has 1 aromatic rings. The summed E-state index contributed by atoms with van der Waals surface area (Å²) >= 11 is 0. The van der Waals surface area contributed by atoms with Gasteiger partial charge in [0.15, 0.2) is 0 Å². The molecular weight excluding hydrogens is 234 g/mol. The van der Waals surface area contributed by atoms with E-state index in [1.165, 1.54) is 24.8 Å². The summed E-state index contributed by atoms with van der Waals surface area (Å²) in [5.41, 5.74) is 8.73. The van der Waals surface area contributed by atoms with Crippen LogP contribution in [0.3, 0.4) is 0 Å². The van der Waals surface area contributed by atoms with Crippen LogP contribution in [-0.2, 0) is 0 Å². The van der Waals surface area contributed by atoms with E-state index >= 15 is 0 Å². The molecule has 0 aromatic heterocycles. The van der Waals surface area contributed by atoms with E-state index in [1.54, 1.807) is 6.07 Å². The third kappa shape index (κ3) is 2.30. The minimum Gasteiger partial charge on any atom is -0.508 e. The van der Waals surface area contributed by atoms with Crippen LogP contribution in [0.15, 0.2) is 30.3 Å². The van der Waals surface area contributed by atoms with Crippen LogP contribution in [-0.4, -0.2) is 10.6 Å². The fraction of sp³-hybridized carbons (Fsp3) is 0.529. The van der Waals surface area contributed by atoms with Crippen molar-refractivity contribution >= 4 is 5.57 Å². The molecule has 2 heteroatoms. The lowest BCUT2D eigenvalue weighted by atomic mass is 9.68. The zero-order valence-electron chi connectivity index (χ0n) is 11.8. The maximum atomic E-state index is 9.72. The highest BCUT2D eigenvalue weighted by atomic mass is 16.3. The molecule has 2 aliphatic carbocycles. The van der Waals surface area contributed by atoms with Crippen molar-refractivity contribution in [2.75, 3.05) is 0 Å². The van der Waals surface area contributed by atoms with Crippen molar-refractivity contribution in [1.29, 1.82) is 0 Å². The van der Waals surface area contributed by atoms with E-state index in [0.29, 0.717) is 23.5 Å². The third-order valence-corrected chi connectivity index (χ3v) is 4.72. The molecule has 0 spiro atoms. The van der Waals surface area contributed by atoms with Gasteiger partial charge in [-0.2, -0.15) is 0 Å². The Morgan fingerprint density at radius 1 is 1.26 bits per heavy atom. The Labute approximate surface area is 115 Å². The number of hydrogen-bond acceptors (Lipinski definition) is 2. The maximum absolute atomic E-state index is 9.72. The van der Waals surface area contributed by atoms with E-state index in [1.807, 2.05) is 12.1 Å². The van der Waals surface area contributed by atoms with Gasteiger partial charge in [-0.25, -0.2) is 0 Å². The summed E-state index contributed by atoms with van der Waals surface area (Å²) in [4.78, 5) is 0. The Kier molecular flexibility index (Phi) is 2.94. The number of nitrogens with two attached hydrogens (primary N) is 1. The predicted molar refractivity (Wildman–Crippen MR) is 78.7 cm³/mol. The van der Waals surface area contributed by atoms with Gasteiger partial charge in [-0.3, -0.25) is 0 Å². The van der Waals surface area contributed by atoms with Gasteiger partial charge in [-0.15, -0.1) is 0 Å². The van der Waals surface area contributed by atoms with Crippen LogP contribution >= 0.6 is 0 Å². The quantitative estimate of drug-likeness (QED) is 0.851. The van der Waals surface area contributed by atoms with Crippen LogP contribution < -0.4 is 5.73 Å².